The molecule has 2 unspecified atom stereocenters. The normalized spacial score (nSPS) is 14.1. The Kier molecular flexibility index (Phi) is 6.56. The summed E-state index contributed by atoms with van der Waals surface area (Å²) in [5, 5.41) is 20.1. The highest BCUT2D eigenvalue weighted by Gasteiger charge is 2.21. The first-order valence-corrected chi connectivity index (χ1v) is 7.79. The van der Waals surface area contributed by atoms with Gasteiger partial charge in [0.25, 0.3) is 5.56 Å². The minimum absolute atomic E-state index is 0.0260. The Balaban J connectivity index is 2.68. The Bertz CT molecular complexity index is 492. The molecule has 0 bridgehead atoms. The van der Waals surface area contributed by atoms with Crippen molar-refractivity contribution in [2.24, 2.45) is 0 Å². The van der Waals surface area contributed by atoms with Crippen LogP contribution in [0.25, 0.3) is 0 Å². The van der Waals surface area contributed by atoms with Gasteiger partial charge in [0.05, 0.1) is 11.7 Å². The van der Waals surface area contributed by atoms with Crippen molar-refractivity contribution in [3.8, 4) is 0 Å². The van der Waals surface area contributed by atoms with E-state index in [1.54, 1.807) is 6.26 Å². The lowest BCUT2D eigenvalue weighted by atomic mass is 10.1. The lowest BCUT2D eigenvalue weighted by Gasteiger charge is -2.16. The lowest BCUT2D eigenvalue weighted by Crippen LogP contribution is -2.26. The fraction of sp³-hybridized carbons (Fsp3) is 0.545. The smallest absolute Gasteiger partial charge is 0.257 e. The third-order valence-corrected chi connectivity index (χ3v) is 3.84. The van der Waals surface area contributed by atoms with E-state index in [9.17, 15) is 19.8 Å². The van der Waals surface area contributed by atoms with E-state index in [1.807, 2.05) is 0 Å². The Morgan fingerprint density at radius 2 is 2.21 bits per heavy atom. The van der Waals surface area contributed by atoms with Crippen LogP contribution in [0.3, 0.4) is 0 Å². The summed E-state index contributed by atoms with van der Waals surface area (Å²) in [5.41, 5.74) is -0.441. The van der Waals surface area contributed by atoms with Crippen molar-refractivity contribution in [2.45, 2.75) is 30.7 Å². The van der Waals surface area contributed by atoms with Gasteiger partial charge in [-0.25, -0.2) is 4.98 Å². The number of hydrogen-bond donors (Lipinski definition) is 3. The Hall–Kier alpha value is -0.830. The predicted molar refractivity (Wildman–Crippen MR) is 75.4 cm³/mol. The summed E-state index contributed by atoms with van der Waals surface area (Å²) >= 11 is 2.34. The number of hydrogen-bond acceptors (Lipinski definition) is 7. The van der Waals surface area contributed by atoms with Crippen LogP contribution in [-0.4, -0.2) is 43.4 Å². The first-order chi connectivity index (χ1) is 8.95. The summed E-state index contributed by atoms with van der Waals surface area (Å²) in [4.78, 5) is 28.9. The minimum Gasteiger partial charge on any atom is -0.390 e. The van der Waals surface area contributed by atoms with Gasteiger partial charge in [-0.3, -0.25) is 9.59 Å². The number of thioether (sulfide) groups is 2. The summed E-state index contributed by atoms with van der Waals surface area (Å²) < 4.78 is 0. The number of rotatable bonds is 6. The largest absolute Gasteiger partial charge is 0.390 e. The van der Waals surface area contributed by atoms with Gasteiger partial charge in [-0.2, -0.15) is 0 Å². The molecular weight excluding hydrogens is 288 g/mol. The van der Waals surface area contributed by atoms with Crippen molar-refractivity contribution < 1.29 is 15.0 Å². The second-order valence-electron chi connectivity index (χ2n) is 3.82. The molecule has 1 aromatic heterocycles. The van der Waals surface area contributed by atoms with E-state index in [1.165, 1.54) is 24.9 Å². The molecule has 8 heteroatoms. The van der Waals surface area contributed by atoms with Gasteiger partial charge in [-0.05, 0) is 12.7 Å². The molecule has 106 valence electrons. The molecule has 1 aromatic rings. The van der Waals surface area contributed by atoms with Gasteiger partial charge in [-0.1, -0.05) is 23.5 Å². The molecule has 3 N–H and O–H groups in total. The zero-order valence-corrected chi connectivity index (χ0v) is 12.3. The number of aromatic amines is 1. The van der Waals surface area contributed by atoms with Crippen molar-refractivity contribution >= 4 is 28.6 Å². The van der Waals surface area contributed by atoms with Crippen molar-refractivity contribution in [1.82, 2.24) is 9.97 Å². The van der Waals surface area contributed by atoms with E-state index in [0.717, 1.165) is 11.8 Å². The number of nitrogens with one attached hydrogen (secondary N) is 1. The maximum atomic E-state index is 11.7. The highest BCUT2D eigenvalue weighted by molar-refractivity contribution is 8.13. The van der Waals surface area contributed by atoms with Gasteiger partial charge in [-0.15, -0.1) is 0 Å². The third kappa shape index (κ3) is 4.98. The van der Waals surface area contributed by atoms with Crippen LogP contribution in [0.2, 0.25) is 0 Å². The number of carbonyl (C=O) groups is 1. The molecule has 0 spiro atoms. The molecule has 0 aliphatic heterocycles. The molecule has 0 fully saturated rings. The molecule has 0 aliphatic rings. The van der Waals surface area contributed by atoms with Gasteiger partial charge >= 0.3 is 0 Å². The topological polar surface area (TPSA) is 103 Å². The molecule has 0 saturated carbocycles. The summed E-state index contributed by atoms with van der Waals surface area (Å²) in [6.45, 7) is 1.43. The zero-order valence-electron chi connectivity index (χ0n) is 10.6. The monoisotopic (exact) mass is 304 g/mol. The van der Waals surface area contributed by atoms with E-state index in [0.29, 0.717) is 10.9 Å². The summed E-state index contributed by atoms with van der Waals surface area (Å²) in [6.07, 6.45) is 0.836. The van der Waals surface area contributed by atoms with Gasteiger partial charge in [0.1, 0.15) is 6.10 Å². The van der Waals surface area contributed by atoms with Gasteiger partial charge in [0.2, 0.25) is 0 Å². The van der Waals surface area contributed by atoms with Crippen LogP contribution in [0.5, 0.6) is 0 Å². The van der Waals surface area contributed by atoms with Gasteiger partial charge in [0, 0.05) is 18.9 Å². The quantitative estimate of drug-likeness (QED) is 0.521. The van der Waals surface area contributed by atoms with Crippen LogP contribution in [0, 0.1) is 0 Å². The third-order valence-electron chi connectivity index (χ3n) is 2.40. The number of carbonyl (C=O) groups excluding carboxylic acids is 1. The van der Waals surface area contributed by atoms with E-state index < -0.39 is 17.8 Å². The van der Waals surface area contributed by atoms with Crippen LogP contribution < -0.4 is 5.56 Å². The fourth-order valence-electron chi connectivity index (χ4n) is 1.39. The average molecular weight is 304 g/mol. The lowest BCUT2D eigenvalue weighted by molar-refractivity contribution is -0.109. The molecule has 0 aliphatic carbocycles. The second-order valence-corrected chi connectivity index (χ2v) is 5.88. The van der Waals surface area contributed by atoms with E-state index in [-0.39, 0.29) is 17.1 Å². The maximum absolute atomic E-state index is 11.7. The first kappa shape index (κ1) is 16.2. The Morgan fingerprint density at radius 3 is 2.74 bits per heavy atom. The number of aromatic nitrogens is 2. The number of aliphatic hydroxyl groups excluding tert-OH is 2. The van der Waals surface area contributed by atoms with Crippen molar-refractivity contribution in [2.75, 3.05) is 12.0 Å². The highest BCUT2D eigenvalue weighted by Crippen LogP contribution is 2.18. The molecular formula is C11H16N2O4S2. The fourth-order valence-corrected chi connectivity index (χ4v) is 2.39. The Labute approximate surface area is 119 Å². The van der Waals surface area contributed by atoms with Crippen molar-refractivity contribution in [3.05, 3.63) is 22.1 Å². The molecule has 6 nitrogen and oxygen atoms in total. The molecule has 1 heterocycles. The molecule has 2 atom stereocenters. The molecule has 0 radical (unpaired) electrons. The number of nitrogens with zero attached hydrogens (tertiary/aromatic N) is 1. The predicted octanol–water partition coefficient (Wildman–Crippen LogP) is 0.556. The highest BCUT2D eigenvalue weighted by atomic mass is 32.2. The zero-order chi connectivity index (χ0) is 14.4. The van der Waals surface area contributed by atoms with E-state index in [4.69, 9.17) is 0 Å². The number of H-pyrrole nitrogens is 1. The summed E-state index contributed by atoms with van der Waals surface area (Å²) in [5.74, 6) is 0.391. The van der Waals surface area contributed by atoms with Gasteiger partial charge < -0.3 is 15.2 Å². The second kappa shape index (κ2) is 7.68. The molecule has 1 rings (SSSR count). The van der Waals surface area contributed by atoms with Crippen LogP contribution in [0.1, 0.15) is 25.0 Å². The summed E-state index contributed by atoms with van der Waals surface area (Å²) in [7, 11) is 0. The van der Waals surface area contributed by atoms with Gasteiger partial charge in [0.15, 0.2) is 10.3 Å². The standard InChI is InChI=1S/C11H16N2O4S2/c1-6(14)19-4-3-8(15)9(16)7-5-12-11(18-2)13-10(7)17/h5,8-9,15-16H,3-4H2,1-2H3,(H,12,13,17). The van der Waals surface area contributed by atoms with Crippen LogP contribution in [0.15, 0.2) is 16.1 Å². The van der Waals surface area contributed by atoms with Crippen molar-refractivity contribution in [1.29, 1.82) is 0 Å². The van der Waals surface area contributed by atoms with Crippen LogP contribution in [0.4, 0.5) is 0 Å². The Morgan fingerprint density at radius 1 is 1.53 bits per heavy atom. The SMILES string of the molecule is CSc1ncc(C(O)C(O)CCSC(C)=O)c(=O)[nH]1. The summed E-state index contributed by atoms with van der Waals surface area (Å²) in [6, 6.07) is 0. The van der Waals surface area contributed by atoms with Crippen LogP contribution in [-0.2, 0) is 4.79 Å². The molecule has 19 heavy (non-hydrogen) atoms. The maximum Gasteiger partial charge on any atom is 0.257 e. The first-order valence-electron chi connectivity index (χ1n) is 5.58. The number of aliphatic hydroxyl groups is 2. The average Bonchev–Trinajstić information content (AvgIpc) is 2.37. The minimum atomic E-state index is -1.31. The van der Waals surface area contributed by atoms with E-state index >= 15 is 0 Å². The van der Waals surface area contributed by atoms with Crippen LogP contribution >= 0.6 is 23.5 Å². The molecule has 0 aromatic carbocycles. The molecule has 0 amide bonds. The van der Waals surface area contributed by atoms with Crippen molar-refractivity contribution in [3.63, 3.8) is 0 Å². The molecule has 0 saturated heterocycles. The van der Waals surface area contributed by atoms with E-state index in [2.05, 4.69) is 9.97 Å².